The zero-order valence-electron chi connectivity index (χ0n) is 14.3. The van der Waals surface area contributed by atoms with Crippen molar-refractivity contribution in [1.82, 2.24) is 0 Å². The number of rotatable bonds is 9. The maximum atomic E-state index is 10.5. The zero-order chi connectivity index (χ0) is 19.7. The fourth-order valence-corrected chi connectivity index (χ4v) is 3.73. The van der Waals surface area contributed by atoms with Gasteiger partial charge in [-0.05, 0) is 0 Å². The normalized spacial score (nSPS) is 14.9. The summed E-state index contributed by atoms with van der Waals surface area (Å²) in [7, 11) is -11.0. The summed E-state index contributed by atoms with van der Waals surface area (Å²) >= 11 is 0. The largest absolute Gasteiger partial charge is 1.00 e. The van der Waals surface area contributed by atoms with Crippen LogP contribution in [0.25, 0.3) is 0 Å². The van der Waals surface area contributed by atoms with Gasteiger partial charge in [-0.3, -0.25) is 18.7 Å². The Morgan fingerprint density at radius 3 is 1.40 bits per heavy atom. The summed E-state index contributed by atoms with van der Waals surface area (Å²) < 4.78 is 58.8. The van der Waals surface area contributed by atoms with Crippen molar-refractivity contribution in [3.05, 3.63) is 6.92 Å². The van der Waals surface area contributed by atoms with Crippen LogP contribution in [-0.2, 0) is 29.8 Å². The van der Waals surface area contributed by atoms with Gasteiger partial charge in [0.25, 0.3) is 20.2 Å². The molecule has 25 heavy (non-hydrogen) atoms. The van der Waals surface area contributed by atoms with Crippen LogP contribution < -0.4 is 29.6 Å². The van der Waals surface area contributed by atoms with Crippen molar-refractivity contribution in [2.24, 2.45) is 5.92 Å². The molecule has 3 unspecified atom stereocenters. The van der Waals surface area contributed by atoms with E-state index in [1.54, 1.807) is 0 Å². The Hall–Kier alpha value is -0.240. The molecule has 0 spiro atoms. The first-order chi connectivity index (χ1) is 10.7. The van der Waals surface area contributed by atoms with Crippen molar-refractivity contribution >= 4 is 32.2 Å². The maximum Gasteiger partial charge on any atom is 1.00 e. The van der Waals surface area contributed by atoms with Crippen LogP contribution in [0.2, 0.25) is 0 Å². The maximum absolute atomic E-state index is 10.5. The fourth-order valence-electron chi connectivity index (χ4n) is 1.52. The molecule has 0 bridgehead atoms. The summed E-state index contributed by atoms with van der Waals surface area (Å²) in [5.74, 6) is -4.14. The predicted molar refractivity (Wildman–Crippen MR) is 84.6 cm³/mol. The molecule has 0 aliphatic carbocycles. The summed E-state index contributed by atoms with van der Waals surface area (Å²) in [6, 6.07) is 0. The molecular weight excluding hydrogens is 391 g/mol. The molecule has 0 amide bonds. The van der Waals surface area contributed by atoms with Crippen LogP contribution in [0.4, 0.5) is 0 Å². The quantitative estimate of drug-likeness (QED) is 0.182. The summed E-state index contributed by atoms with van der Waals surface area (Å²) in [5.41, 5.74) is 0. The monoisotopic (exact) mass is 414 g/mol. The molecule has 0 aromatic heterocycles. The van der Waals surface area contributed by atoms with Gasteiger partial charge < -0.3 is 17.1 Å². The molecule has 4 N–H and O–H groups in total. The van der Waals surface area contributed by atoms with Crippen molar-refractivity contribution in [2.45, 2.75) is 50.0 Å². The van der Waals surface area contributed by atoms with Crippen LogP contribution in [-0.4, -0.2) is 58.6 Å². The minimum atomic E-state index is -5.51. The molecule has 0 aliphatic heterocycles. The fraction of sp³-hybridized carbons (Fsp3) is 0.750. The number of carbonyl (C=O) groups is 2. The standard InChI is InChI=1S/C8H17.C4H6O10S2.Na/c1-4-6-7-8(3)5-2;5-3(6)1(15(9,10)11)2(4(7)8)16(12,13)14;/h8H,3-7H2,1-2H3;1-2H,(H,5,6)(H,7,8)(H,9,10,11)(H,12,13,14);/q-1;;+1. The van der Waals surface area contributed by atoms with Crippen molar-refractivity contribution in [3.8, 4) is 0 Å². The number of unbranched alkanes of at least 4 members (excludes halogenated alkanes) is 1. The summed E-state index contributed by atoms with van der Waals surface area (Å²) in [5, 5.41) is 10.2. The van der Waals surface area contributed by atoms with Gasteiger partial charge in [0.2, 0.25) is 10.5 Å². The van der Waals surface area contributed by atoms with Crippen LogP contribution in [0, 0.1) is 12.8 Å². The van der Waals surface area contributed by atoms with E-state index in [1.807, 2.05) is 0 Å². The molecule has 0 aliphatic rings. The molecule has 0 fully saturated rings. The Morgan fingerprint density at radius 1 is 0.920 bits per heavy atom. The molecule has 0 radical (unpaired) electrons. The number of carboxylic acids is 2. The molecule has 144 valence electrons. The second-order valence-electron chi connectivity index (χ2n) is 4.96. The molecule has 13 heteroatoms. The Morgan fingerprint density at radius 2 is 1.24 bits per heavy atom. The van der Waals surface area contributed by atoms with Crippen LogP contribution in [0.3, 0.4) is 0 Å². The van der Waals surface area contributed by atoms with Gasteiger partial charge in [0.15, 0.2) is 0 Å². The third-order valence-corrected chi connectivity index (χ3v) is 5.35. The third-order valence-electron chi connectivity index (χ3n) is 2.95. The van der Waals surface area contributed by atoms with E-state index in [-0.39, 0.29) is 29.6 Å². The average Bonchev–Trinajstić information content (AvgIpc) is 2.39. The van der Waals surface area contributed by atoms with Gasteiger partial charge in [-0.25, -0.2) is 0 Å². The first-order valence-electron chi connectivity index (χ1n) is 6.91. The second kappa shape index (κ2) is 13.0. The van der Waals surface area contributed by atoms with Gasteiger partial charge >= 0.3 is 41.5 Å². The smallest absolute Gasteiger partial charge is 0.480 e. The van der Waals surface area contributed by atoms with E-state index >= 15 is 0 Å². The zero-order valence-corrected chi connectivity index (χ0v) is 18.0. The van der Waals surface area contributed by atoms with E-state index in [4.69, 9.17) is 19.3 Å². The van der Waals surface area contributed by atoms with Gasteiger partial charge in [0.05, 0.1) is 0 Å². The van der Waals surface area contributed by atoms with Crippen LogP contribution in [0.5, 0.6) is 0 Å². The van der Waals surface area contributed by atoms with Gasteiger partial charge in [0.1, 0.15) is 0 Å². The topological polar surface area (TPSA) is 183 Å². The first kappa shape index (κ1) is 29.5. The van der Waals surface area contributed by atoms with Crippen molar-refractivity contribution in [3.63, 3.8) is 0 Å². The minimum Gasteiger partial charge on any atom is -0.480 e. The number of aliphatic carboxylic acids is 2. The molecule has 10 nitrogen and oxygen atoms in total. The van der Waals surface area contributed by atoms with E-state index in [0.29, 0.717) is 5.92 Å². The van der Waals surface area contributed by atoms with Crippen molar-refractivity contribution in [2.75, 3.05) is 0 Å². The van der Waals surface area contributed by atoms with Gasteiger partial charge in [-0.1, -0.05) is 39.5 Å². The van der Waals surface area contributed by atoms with Crippen LogP contribution in [0.15, 0.2) is 0 Å². The minimum absolute atomic E-state index is 0. The summed E-state index contributed by atoms with van der Waals surface area (Å²) in [4.78, 5) is 20.7. The molecule has 0 saturated carbocycles. The molecule has 0 saturated heterocycles. The summed E-state index contributed by atoms with van der Waals surface area (Å²) in [6.07, 6.45) is 5.21. The Labute approximate surface area is 169 Å². The van der Waals surface area contributed by atoms with E-state index in [2.05, 4.69) is 20.8 Å². The Kier molecular flexibility index (Phi) is 15.4. The van der Waals surface area contributed by atoms with Crippen LogP contribution in [0.1, 0.15) is 39.5 Å². The molecule has 0 aromatic carbocycles. The average molecular weight is 414 g/mol. The number of hydrogen-bond donors (Lipinski definition) is 4. The number of hydrogen-bond acceptors (Lipinski definition) is 6. The van der Waals surface area contributed by atoms with Gasteiger partial charge in [0, 0.05) is 0 Å². The third kappa shape index (κ3) is 12.7. The van der Waals surface area contributed by atoms with Crippen LogP contribution >= 0.6 is 0 Å². The van der Waals surface area contributed by atoms with E-state index in [0.717, 1.165) is 0 Å². The molecule has 0 heterocycles. The number of carboxylic acid groups (broad SMARTS) is 2. The Bertz CT molecular complexity index is 566. The first-order valence-corrected chi connectivity index (χ1v) is 9.91. The van der Waals surface area contributed by atoms with Gasteiger partial charge in [-0.15, -0.1) is 0 Å². The second-order valence-corrected chi connectivity index (χ2v) is 8.04. The van der Waals surface area contributed by atoms with E-state index < -0.39 is 42.7 Å². The molecular formula is C12H23NaO10S2. The Balaban J connectivity index is -0.000000457. The van der Waals surface area contributed by atoms with E-state index in [1.165, 1.54) is 25.7 Å². The van der Waals surface area contributed by atoms with Gasteiger partial charge in [-0.2, -0.15) is 22.8 Å². The molecule has 0 rings (SSSR count). The van der Waals surface area contributed by atoms with Crippen molar-refractivity contribution in [1.29, 1.82) is 0 Å². The SMILES string of the molecule is O=C(O)C(C(C(=O)O)S(=O)(=O)O)S(=O)(=O)O.[CH2-]C(CC)CCCC.[Na+]. The van der Waals surface area contributed by atoms with E-state index in [9.17, 15) is 26.4 Å². The molecule has 3 atom stereocenters. The predicted octanol–water partition coefficient (Wildman–Crippen LogP) is -2.29. The van der Waals surface area contributed by atoms with Crippen molar-refractivity contribution < 1.29 is 75.3 Å². The summed E-state index contributed by atoms with van der Waals surface area (Å²) in [6.45, 7) is 8.42. The molecule has 0 aromatic rings.